The van der Waals surface area contributed by atoms with Crippen molar-refractivity contribution in [2.24, 2.45) is 0 Å². The zero-order valence-electron chi connectivity index (χ0n) is 15.3. The van der Waals surface area contributed by atoms with Gasteiger partial charge in [-0.05, 0) is 24.0 Å². The van der Waals surface area contributed by atoms with E-state index in [9.17, 15) is 4.79 Å². The van der Waals surface area contributed by atoms with E-state index >= 15 is 0 Å². The third-order valence-corrected chi connectivity index (χ3v) is 5.04. The number of amides is 1. The van der Waals surface area contributed by atoms with Crippen molar-refractivity contribution in [3.63, 3.8) is 0 Å². The van der Waals surface area contributed by atoms with E-state index in [0.29, 0.717) is 31.3 Å². The lowest BCUT2D eigenvalue weighted by atomic mass is 9.98. The molecule has 3 heterocycles. The Bertz CT molecular complexity index is 796. The van der Waals surface area contributed by atoms with Crippen LogP contribution in [0.5, 0.6) is 11.8 Å². The van der Waals surface area contributed by atoms with Crippen LogP contribution in [-0.4, -0.2) is 53.4 Å². The number of hydrogen-bond acceptors (Lipinski definition) is 6. The molecular formula is C20H23N3O4. The van der Waals surface area contributed by atoms with Gasteiger partial charge in [0.15, 0.2) is 0 Å². The Morgan fingerprint density at radius 1 is 1.15 bits per heavy atom. The fraction of sp³-hybridized carbons (Fsp3) is 0.450. The largest absolute Gasteiger partial charge is 0.480 e. The second-order valence-electron chi connectivity index (χ2n) is 6.85. The van der Waals surface area contributed by atoms with E-state index in [1.54, 1.807) is 19.2 Å². The standard InChI is InChI=1S/C20H23N3O4/c1-25-18-8-9-19(22-21-18)27-16-7-4-10-23(12-16)20(24)17-11-14-5-2-3-6-15(14)13-26-17/h2-3,5-6,8-9,16-17H,4,7,10-13H2,1H3. The van der Waals surface area contributed by atoms with Crippen molar-refractivity contribution in [1.82, 2.24) is 15.1 Å². The Labute approximate surface area is 158 Å². The fourth-order valence-corrected chi connectivity index (χ4v) is 3.59. The summed E-state index contributed by atoms with van der Waals surface area (Å²) in [6, 6.07) is 11.6. The number of piperidine rings is 1. The smallest absolute Gasteiger partial charge is 0.252 e. The Morgan fingerprint density at radius 3 is 2.70 bits per heavy atom. The molecule has 0 bridgehead atoms. The first-order valence-corrected chi connectivity index (χ1v) is 9.24. The van der Waals surface area contributed by atoms with Crippen molar-refractivity contribution in [2.75, 3.05) is 20.2 Å². The molecule has 1 saturated heterocycles. The highest BCUT2D eigenvalue weighted by molar-refractivity contribution is 5.81. The van der Waals surface area contributed by atoms with Gasteiger partial charge in [0.25, 0.3) is 5.91 Å². The monoisotopic (exact) mass is 369 g/mol. The minimum absolute atomic E-state index is 0.0404. The van der Waals surface area contributed by atoms with Crippen LogP contribution in [0.2, 0.25) is 0 Å². The molecule has 1 aromatic carbocycles. The van der Waals surface area contributed by atoms with Crippen molar-refractivity contribution in [3.8, 4) is 11.8 Å². The van der Waals surface area contributed by atoms with Crippen LogP contribution in [0.4, 0.5) is 0 Å². The summed E-state index contributed by atoms with van der Waals surface area (Å²) < 4.78 is 16.7. The molecule has 0 aliphatic carbocycles. The maximum atomic E-state index is 12.9. The van der Waals surface area contributed by atoms with Crippen LogP contribution in [0.15, 0.2) is 36.4 Å². The predicted octanol–water partition coefficient (Wildman–Crippen LogP) is 2.00. The summed E-state index contributed by atoms with van der Waals surface area (Å²) in [4.78, 5) is 14.8. The van der Waals surface area contributed by atoms with Crippen molar-refractivity contribution in [1.29, 1.82) is 0 Å². The number of carbonyl (C=O) groups excluding carboxylic acids is 1. The Morgan fingerprint density at radius 2 is 1.93 bits per heavy atom. The molecule has 2 unspecified atom stereocenters. The predicted molar refractivity (Wildman–Crippen MR) is 97.5 cm³/mol. The van der Waals surface area contributed by atoms with Gasteiger partial charge in [0, 0.05) is 25.1 Å². The molecule has 2 aliphatic rings. The summed E-state index contributed by atoms with van der Waals surface area (Å²) in [7, 11) is 1.54. The van der Waals surface area contributed by atoms with Crippen molar-refractivity contribution >= 4 is 5.91 Å². The maximum absolute atomic E-state index is 12.9. The summed E-state index contributed by atoms with van der Waals surface area (Å²) in [5.41, 5.74) is 2.36. The summed E-state index contributed by atoms with van der Waals surface area (Å²) in [6.07, 6.45) is 1.89. The topological polar surface area (TPSA) is 73.8 Å². The van der Waals surface area contributed by atoms with Gasteiger partial charge < -0.3 is 19.1 Å². The van der Waals surface area contributed by atoms with Gasteiger partial charge in [-0.25, -0.2) is 0 Å². The molecule has 0 radical (unpaired) electrons. The molecule has 1 amide bonds. The summed E-state index contributed by atoms with van der Waals surface area (Å²) in [5.74, 6) is 0.925. The lowest BCUT2D eigenvalue weighted by Gasteiger charge is -2.35. The second kappa shape index (κ2) is 7.92. The van der Waals surface area contributed by atoms with E-state index in [4.69, 9.17) is 14.2 Å². The lowest BCUT2D eigenvalue weighted by molar-refractivity contribution is -0.148. The second-order valence-corrected chi connectivity index (χ2v) is 6.85. The molecular weight excluding hydrogens is 346 g/mol. The first-order valence-electron chi connectivity index (χ1n) is 9.24. The van der Waals surface area contributed by atoms with Gasteiger partial charge in [0.05, 0.1) is 20.3 Å². The molecule has 2 atom stereocenters. The van der Waals surface area contributed by atoms with E-state index in [0.717, 1.165) is 19.4 Å². The molecule has 0 saturated carbocycles. The fourth-order valence-electron chi connectivity index (χ4n) is 3.59. The quantitative estimate of drug-likeness (QED) is 0.821. The van der Waals surface area contributed by atoms with E-state index in [1.165, 1.54) is 11.1 Å². The SMILES string of the molecule is COc1ccc(OC2CCCN(C(=O)C3Cc4ccccc4CO3)C2)nn1. The molecule has 1 aromatic heterocycles. The molecule has 7 heteroatoms. The Kier molecular flexibility index (Phi) is 5.20. The number of hydrogen-bond donors (Lipinski definition) is 0. The average Bonchev–Trinajstić information content (AvgIpc) is 2.73. The highest BCUT2D eigenvalue weighted by atomic mass is 16.5. The molecule has 142 valence electrons. The lowest BCUT2D eigenvalue weighted by Crippen LogP contribution is -2.49. The van der Waals surface area contributed by atoms with Crippen LogP contribution >= 0.6 is 0 Å². The zero-order valence-corrected chi connectivity index (χ0v) is 15.3. The van der Waals surface area contributed by atoms with Crippen LogP contribution in [0.3, 0.4) is 0 Å². The number of likely N-dealkylation sites (tertiary alicyclic amines) is 1. The number of carbonyl (C=O) groups is 1. The molecule has 2 aromatic rings. The summed E-state index contributed by atoms with van der Waals surface area (Å²) in [6.45, 7) is 1.75. The van der Waals surface area contributed by atoms with Crippen LogP contribution in [0.25, 0.3) is 0 Å². The first-order chi connectivity index (χ1) is 13.2. The molecule has 2 aliphatic heterocycles. The number of aromatic nitrogens is 2. The Balaban J connectivity index is 1.37. The molecule has 27 heavy (non-hydrogen) atoms. The number of rotatable bonds is 4. The minimum atomic E-state index is -0.417. The van der Waals surface area contributed by atoms with Crippen LogP contribution in [0.1, 0.15) is 24.0 Å². The van der Waals surface area contributed by atoms with Gasteiger partial charge in [-0.2, -0.15) is 0 Å². The van der Waals surface area contributed by atoms with E-state index in [1.807, 2.05) is 17.0 Å². The van der Waals surface area contributed by atoms with Crippen LogP contribution < -0.4 is 9.47 Å². The van der Waals surface area contributed by atoms with Gasteiger partial charge in [-0.3, -0.25) is 4.79 Å². The minimum Gasteiger partial charge on any atom is -0.480 e. The number of methoxy groups -OCH3 is 1. The zero-order chi connectivity index (χ0) is 18.6. The average molecular weight is 369 g/mol. The van der Waals surface area contributed by atoms with Crippen molar-refractivity contribution < 1.29 is 19.0 Å². The van der Waals surface area contributed by atoms with E-state index < -0.39 is 6.10 Å². The number of fused-ring (bicyclic) bond motifs is 1. The van der Waals surface area contributed by atoms with Gasteiger partial charge in [-0.15, -0.1) is 10.2 Å². The van der Waals surface area contributed by atoms with Crippen molar-refractivity contribution in [3.05, 3.63) is 47.5 Å². The molecule has 0 spiro atoms. The van der Waals surface area contributed by atoms with Crippen molar-refractivity contribution in [2.45, 2.75) is 38.1 Å². The normalized spacial score (nSPS) is 22.0. The summed E-state index contributed by atoms with van der Waals surface area (Å²) in [5, 5.41) is 7.92. The van der Waals surface area contributed by atoms with Gasteiger partial charge >= 0.3 is 0 Å². The molecule has 4 rings (SSSR count). The number of nitrogens with zero attached hydrogens (tertiary/aromatic N) is 3. The van der Waals surface area contributed by atoms with E-state index in [2.05, 4.69) is 22.3 Å². The highest BCUT2D eigenvalue weighted by Crippen LogP contribution is 2.24. The third kappa shape index (κ3) is 4.03. The Hall–Kier alpha value is -2.67. The third-order valence-electron chi connectivity index (χ3n) is 5.04. The maximum Gasteiger partial charge on any atom is 0.252 e. The summed E-state index contributed by atoms with van der Waals surface area (Å²) >= 11 is 0. The van der Waals surface area contributed by atoms with Gasteiger partial charge in [0.2, 0.25) is 11.8 Å². The number of ether oxygens (including phenoxy) is 3. The molecule has 1 fully saturated rings. The van der Waals surface area contributed by atoms with Crippen LogP contribution in [0, 0.1) is 0 Å². The highest BCUT2D eigenvalue weighted by Gasteiger charge is 2.32. The van der Waals surface area contributed by atoms with Gasteiger partial charge in [-0.1, -0.05) is 24.3 Å². The van der Waals surface area contributed by atoms with E-state index in [-0.39, 0.29) is 12.0 Å². The first kappa shape index (κ1) is 17.7. The van der Waals surface area contributed by atoms with Gasteiger partial charge in [0.1, 0.15) is 12.2 Å². The van der Waals surface area contributed by atoms with Crippen LogP contribution in [-0.2, 0) is 22.6 Å². The molecule has 7 nitrogen and oxygen atoms in total. The number of benzene rings is 1. The molecule has 0 N–H and O–H groups in total.